The average Bonchev–Trinajstić information content (AvgIpc) is 2.88. The Labute approximate surface area is 162 Å². The average molecular weight is 367 g/mol. The largest absolute Gasteiger partial charge is 0.456 e. The molecule has 0 unspecified atom stereocenters. The summed E-state index contributed by atoms with van der Waals surface area (Å²) in [5, 5.41) is 11.7. The number of benzene rings is 3. The minimum absolute atomic E-state index is 0.0519. The van der Waals surface area contributed by atoms with Crippen molar-refractivity contribution in [2.24, 2.45) is 0 Å². The smallest absolute Gasteiger partial charge is 0.280 e. The first kappa shape index (κ1) is 16.5. The van der Waals surface area contributed by atoms with E-state index in [1.54, 1.807) is 12.1 Å². The number of nitro groups is 1. The Morgan fingerprint density at radius 3 is 2.54 bits per heavy atom. The highest BCUT2D eigenvalue weighted by Crippen LogP contribution is 2.50. The van der Waals surface area contributed by atoms with E-state index in [0.717, 1.165) is 35.1 Å². The summed E-state index contributed by atoms with van der Waals surface area (Å²) < 4.78 is 6.13. The number of rotatable bonds is 2. The standard InChI is InChI=1S/C24H17NO3/c26-25(27)21-10-6-12-23-24(21)19-14-13-17(16-7-2-1-3-8-16)15-20(19)18-9-4-5-11-22(18)28-23/h2,4-15H,1,3H2. The molecule has 0 saturated carbocycles. The molecule has 1 aliphatic heterocycles. The maximum Gasteiger partial charge on any atom is 0.280 e. The molecular weight excluding hydrogens is 350 g/mol. The van der Waals surface area contributed by atoms with E-state index in [1.165, 1.54) is 11.6 Å². The van der Waals surface area contributed by atoms with Gasteiger partial charge in [0.05, 0.1) is 4.92 Å². The molecule has 0 fully saturated rings. The van der Waals surface area contributed by atoms with Gasteiger partial charge in [0.15, 0.2) is 0 Å². The normalized spacial score (nSPS) is 14.1. The second kappa shape index (κ2) is 6.50. The first-order valence-corrected chi connectivity index (χ1v) is 9.28. The first-order chi connectivity index (χ1) is 13.7. The molecule has 4 nitrogen and oxygen atoms in total. The van der Waals surface area contributed by atoms with Gasteiger partial charge in [0, 0.05) is 17.2 Å². The van der Waals surface area contributed by atoms with Crippen LogP contribution in [0.15, 0.2) is 78.9 Å². The fourth-order valence-corrected chi connectivity index (χ4v) is 3.92. The molecule has 2 aliphatic rings. The van der Waals surface area contributed by atoms with Gasteiger partial charge in [-0.15, -0.1) is 0 Å². The molecule has 28 heavy (non-hydrogen) atoms. The molecule has 0 saturated heterocycles. The van der Waals surface area contributed by atoms with Gasteiger partial charge in [-0.25, -0.2) is 0 Å². The Bertz CT molecular complexity index is 1170. The molecule has 0 spiro atoms. The van der Waals surface area contributed by atoms with Crippen molar-refractivity contribution >= 4 is 11.3 Å². The van der Waals surface area contributed by atoms with Gasteiger partial charge in [0.2, 0.25) is 0 Å². The molecule has 1 aliphatic carbocycles. The highest BCUT2D eigenvalue weighted by molar-refractivity contribution is 5.95. The summed E-state index contributed by atoms with van der Waals surface area (Å²) >= 11 is 0. The Morgan fingerprint density at radius 2 is 1.71 bits per heavy atom. The van der Waals surface area contributed by atoms with Gasteiger partial charge in [-0.1, -0.05) is 54.6 Å². The maximum absolute atomic E-state index is 11.7. The third kappa shape index (κ3) is 2.62. The van der Waals surface area contributed by atoms with Crippen LogP contribution in [-0.2, 0) is 0 Å². The Morgan fingerprint density at radius 1 is 0.857 bits per heavy atom. The zero-order chi connectivity index (χ0) is 19.1. The van der Waals surface area contributed by atoms with Crippen LogP contribution in [0, 0.1) is 10.1 Å². The fraction of sp³-hybridized carbons (Fsp3) is 0.0833. The van der Waals surface area contributed by atoms with Gasteiger partial charge >= 0.3 is 0 Å². The number of para-hydroxylation sites is 1. The van der Waals surface area contributed by atoms with Gasteiger partial charge in [-0.3, -0.25) is 10.1 Å². The van der Waals surface area contributed by atoms with Crippen LogP contribution in [0.1, 0.15) is 18.4 Å². The van der Waals surface area contributed by atoms with Crippen LogP contribution in [0.3, 0.4) is 0 Å². The van der Waals surface area contributed by atoms with E-state index in [1.807, 2.05) is 36.4 Å². The fourth-order valence-electron chi connectivity index (χ4n) is 3.92. The minimum Gasteiger partial charge on any atom is -0.456 e. The number of nitrogens with zero attached hydrogens (tertiary/aromatic N) is 1. The second-order valence-corrected chi connectivity index (χ2v) is 6.91. The summed E-state index contributed by atoms with van der Waals surface area (Å²) in [7, 11) is 0. The van der Waals surface area contributed by atoms with Crippen molar-refractivity contribution in [3.8, 4) is 33.8 Å². The van der Waals surface area contributed by atoms with E-state index < -0.39 is 0 Å². The SMILES string of the molecule is O=[N+]([O-])c1cccc2c1-c1ccc(C3=CCCC=C3)cc1-c1ccccc1O2. The summed E-state index contributed by atoms with van der Waals surface area (Å²) in [6, 6.07) is 18.9. The van der Waals surface area contributed by atoms with E-state index in [-0.39, 0.29) is 10.6 Å². The molecule has 0 aromatic heterocycles. The molecule has 0 radical (unpaired) electrons. The lowest BCUT2D eigenvalue weighted by Crippen LogP contribution is -1.95. The molecular formula is C24H17NO3. The van der Waals surface area contributed by atoms with Crippen molar-refractivity contribution < 1.29 is 9.66 Å². The van der Waals surface area contributed by atoms with Crippen molar-refractivity contribution in [1.82, 2.24) is 0 Å². The molecule has 0 amide bonds. The van der Waals surface area contributed by atoms with E-state index >= 15 is 0 Å². The summed E-state index contributed by atoms with van der Waals surface area (Å²) in [6.45, 7) is 0. The quantitative estimate of drug-likeness (QED) is 0.290. The van der Waals surface area contributed by atoms with Crippen molar-refractivity contribution in [2.45, 2.75) is 12.8 Å². The number of allylic oxidation sites excluding steroid dienone is 4. The Balaban J connectivity index is 1.82. The molecule has 5 rings (SSSR count). The van der Waals surface area contributed by atoms with Crippen molar-refractivity contribution in [3.05, 3.63) is 94.6 Å². The van der Waals surface area contributed by atoms with E-state index in [2.05, 4.69) is 24.3 Å². The van der Waals surface area contributed by atoms with Crippen LogP contribution in [0.4, 0.5) is 5.69 Å². The summed E-state index contributed by atoms with van der Waals surface area (Å²) in [5.74, 6) is 1.21. The van der Waals surface area contributed by atoms with Gasteiger partial charge in [-0.05, 0) is 47.7 Å². The van der Waals surface area contributed by atoms with Crippen molar-refractivity contribution in [3.63, 3.8) is 0 Å². The number of hydrogen-bond acceptors (Lipinski definition) is 3. The van der Waals surface area contributed by atoms with Crippen LogP contribution in [0.5, 0.6) is 11.5 Å². The number of nitro benzene ring substituents is 1. The lowest BCUT2D eigenvalue weighted by molar-refractivity contribution is -0.384. The van der Waals surface area contributed by atoms with Gasteiger partial charge in [0.25, 0.3) is 5.69 Å². The van der Waals surface area contributed by atoms with Crippen LogP contribution in [0.2, 0.25) is 0 Å². The van der Waals surface area contributed by atoms with E-state index in [9.17, 15) is 10.1 Å². The molecule has 3 aromatic carbocycles. The van der Waals surface area contributed by atoms with Gasteiger partial charge in [0.1, 0.15) is 17.1 Å². The second-order valence-electron chi connectivity index (χ2n) is 6.91. The topological polar surface area (TPSA) is 52.4 Å². The van der Waals surface area contributed by atoms with Crippen LogP contribution < -0.4 is 4.74 Å². The molecule has 1 heterocycles. The predicted octanol–water partition coefficient (Wildman–Crippen LogP) is 6.77. The first-order valence-electron chi connectivity index (χ1n) is 9.28. The summed E-state index contributed by atoms with van der Waals surface area (Å²) in [4.78, 5) is 11.4. The Kier molecular flexibility index (Phi) is 3.83. The molecule has 4 heteroatoms. The minimum atomic E-state index is -0.345. The highest BCUT2D eigenvalue weighted by Gasteiger charge is 2.27. The predicted molar refractivity (Wildman–Crippen MR) is 110 cm³/mol. The number of fused-ring (bicyclic) bond motifs is 5. The summed E-state index contributed by atoms with van der Waals surface area (Å²) in [6.07, 6.45) is 8.64. The van der Waals surface area contributed by atoms with Crippen LogP contribution in [0.25, 0.3) is 27.8 Å². The molecule has 3 aromatic rings. The Hall–Kier alpha value is -3.66. The third-order valence-corrected chi connectivity index (χ3v) is 5.22. The molecule has 0 atom stereocenters. The van der Waals surface area contributed by atoms with E-state index in [4.69, 9.17) is 4.74 Å². The summed E-state index contributed by atoms with van der Waals surface area (Å²) in [5.41, 5.74) is 5.56. The monoisotopic (exact) mass is 367 g/mol. The highest BCUT2D eigenvalue weighted by atomic mass is 16.6. The van der Waals surface area contributed by atoms with Crippen LogP contribution >= 0.6 is 0 Å². The van der Waals surface area contributed by atoms with Crippen molar-refractivity contribution in [2.75, 3.05) is 0 Å². The number of hydrogen-bond donors (Lipinski definition) is 0. The third-order valence-electron chi connectivity index (χ3n) is 5.22. The maximum atomic E-state index is 11.7. The molecule has 0 bridgehead atoms. The van der Waals surface area contributed by atoms with Gasteiger partial charge < -0.3 is 4.74 Å². The zero-order valence-electron chi connectivity index (χ0n) is 15.1. The van der Waals surface area contributed by atoms with Crippen LogP contribution in [-0.4, -0.2) is 4.92 Å². The number of ether oxygens (including phenoxy) is 1. The molecule has 136 valence electrons. The van der Waals surface area contributed by atoms with Gasteiger partial charge in [-0.2, -0.15) is 0 Å². The zero-order valence-corrected chi connectivity index (χ0v) is 15.1. The lowest BCUT2D eigenvalue weighted by atomic mass is 9.89. The van der Waals surface area contributed by atoms with Crippen molar-refractivity contribution in [1.29, 1.82) is 0 Å². The lowest BCUT2D eigenvalue weighted by Gasteiger charge is -2.13. The molecule has 0 N–H and O–H groups in total. The van der Waals surface area contributed by atoms with E-state index in [0.29, 0.717) is 17.1 Å².